The molecule has 3 aromatic rings. The number of nitrogens with zero attached hydrogens (tertiary/aromatic N) is 2. The van der Waals surface area contributed by atoms with Crippen molar-refractivity contribution in [2.75, 3.05) is 32.6 Å². The molecule has 3 rings (SSSR count). The Balaban J connectivity index is 1.57. The molecule has 1 aromatic heterocycles. The summed E-state index contributed by atoms with van der Waals surface area (Å²) in [5.41, 5.74) is 2.25. The minimum atomic E-state index is -0.226. The maximum atomic E-state index is 12.2. The molecule has 1 N–H and O–H groups in total. The fourth-order valence-corrected chi connectivity index (χ4v) is 3.50. The smallest absolute Gasteiger partial charge is 0.226 e. The quantitative estimate of drug-likeness (QED) is 0.491. The third-order valence-corrected chi connectivity index (χ3v) is 5.14. The number of anilines is 1. The molecule has 0 fully saturated rings. The minimum Gasteiger partial charge on any atom is -0.492 e. The number of carbonyl (C=O) groups excluding carboxylic acids is 2. The summed E-state index contributed by atoms with van der Waals surface area (Å²) in [6.07, 6.45) is 0.281. The molecule has 0 atom stereocenters. The highest BCUT2D eigenvalue weighted by molar-refractivity contribution is 7.14. The third-order valence-electron chi connectivity index (χ3n) is 4.38. The second kappa shape index (κ2) is 10.7. The van der Waals surface area contributed by atoms with Crippen LogP contribution in [0.1, 0.15) is 23.2 Å². The van der Waals surface area contributed by atoms with Crippen LogP contribution in [0.5, 0.6) is 5.75 Å². The van der Waals surface area contributed by atoms with Gasteiger partial charge < -0.3 is 15.0 Å². The number of carbonyl (C=O) groups is 2. The van der Waals surface area contributed by atoms with E-state index in [2.05, 4.69) is 15.2 Å². The van der Waals surface area contributed by atoms with E-state index in [1.165, 1.54) is 11.3 Å². The Bertz CT molecular complexity index is 986. The zero-order valence-electron chi connectivity index (χ0n) is 17.1. The second-order valence-electron chi connectivity index (χ2n) is 7.02. The first-order chi connectivity index (χ1) is 14.5. The fraction of sp³-hybridized carbons (Fsp3) is 0.261. The van der Waals surface area contributed by atoms with Crippen molar-refractivity contribution in [2.45, 2.75) is 12.8 Å². The van der Waals surface area contributed by atoms with Crippen molar-refractivity contribution >= 4 is 28.2 Å². The van der Waals surface area contributed by atoms with Crippen molar-refractivity contribution in [3.63, 3.8) is 0 Å². The van der Waals surface area contributed by atoms with Crippen LogP contribution in [0.4, 0.5) is 5.13 Å². The van der Waals surface area contributed by atoms with Gasteiger partial charge in [0, 0.05) is 35.9 Å². The van der Waals surface area contributed by atoms with Gasteiger partial charge in [0.25, 0.3) is 0 Å². The molecule has 2 aromatic carbocycles. The SMILES string of the molecule is CN(C)CCOc1ccccc1-c1csc(NC(=O)CCC(=O)c2ccccc2)n1. The van der Waals surface area contributed by atoms with Gasteiger partial charge in [0.2, 0.25) is 5.91 Å². The summed E-state index contributed by atoms with van der Waals surface area (Å²) in [6.45, 7) is 1.39. The maximum absolute atomic E-state index is 12.2. The molecular weight excluding hydrogens is 398 g/mol. The summed E-state index contributed by atoms with van der Waals surface area (Å²) in [7, 11) is 4.00. The normalized spacial score (nSPS) is 10.8. The maximum Gasteiger partial charge on any atom is 0.226 e. The summed E-state index contributed by atoms with van der Waals surface area (Å²) in [6, 6.07) is 16.7. The number of ketones is 1. The zero-order chi connectivity index (χ0) is 21.3. The van der Waals surface area contributed by atoms with Gasteiger partial charge in [0.1, 0.15) is 12.4 Å². The van der Waals surface area contributed by atoms with Crippen LogP contribution in [0, 0.1) is 0 Å². The first-order valence-electron chi connectivity index (χ1n) is 9.73. The van der Waals surface area contributed by atoms with Gasteiger partial charge in [0.15, 0.2) is 10.9 Å². The molecule has 7 heteroatoms. The van der Waals surface area contributed by atoms with Crippen LogP contribution in [0.2, 0.25) is 0 Å². The number of para-hydroxylation sites is 1. The number of nitrogens with one attached hydrogen (secondary N) is 1. The molecule has 0 unspecified atom stereocenters. The van der Waals surface area contributed by atoms with Crippen LogP contribution in [0.25, 0.3) is 11.3 Å². The number of amides is 1. The van der Waals surface area contributed by atoms with E-state index in [9.17, 15) is 9.59 Å². The Labute approximate surface area is 180 Å². The van der Waals surface area contributed by atoms with E-state index in [-0.39, 0.29) is 24.5 Å². The van der Waals surface area contributed by atoms with Gasteiger partial charge in [-0.1, -0.05) is 42.5 Å². The van der Waals surface area contributed by atoms with Crippen molar-refractivity contribution in [3.8, 4) is 17.0 Å². The highest BCUT2D eigenvalue weighted by Crippen LogP contribution is 2.32. The second-order valence-corrected chi connectivity index (χ2v) is 7.88. The summed E-state index contributed by atoms with van der Waals surface area (Å²) in [4.78, 5) is 31.0. The average molecular weight is 424 g/mol. The van der Waals surface area contributed by atoms with Crippen LogP contribution < -0.4 is 10.1 Å². The van der Waals surface area contributed by atoms with E-state index in [4.69, 9.17) is 4.74 Å². The Morgan fingerprint density at radius 1 is 1.03 bits per heavy atom. The number of hydrogen-bond donors (Lipinski definition) is 1. The summed E-state index contributed by atoms with van der Waals surface area (Å²) >= 11 is 1.35. The molecule has 0 bridgehead atoms. The van der Waals surface area contributed by atoms with Crippen LogP contribution in [-0.2, 0) is 4.79 Å². The molecule has 30 heavy (non-hydrogen) atoms. The monoisotopic (exact) mass is 423 g/mol. The number of thiazole rings is 1. The molecule has 0 aliphatic carbocycles. The molecule has 0 spiro atoms. The fourth-order valence-electron chi connectivity index (χ4n) is 2.77. The lowest BCUT2D eigenvalue weighted by molar-refractivity contribution is -0.116. The molecule has 156 valence electrons. The van der Waals surface area contributed by atoms with Gasteiger partial charge in [-0.3, -0.25) is 9.59 Å². The molecular formula is C23H25N3O3S. The predicted octanol–water partition coefficient (Wildman–Crippen LogP) is 4.35. The Morgan fingerprint density at radius 2 is 1.77 bits per heavy atom. The average Bonchev–Trinajstić information content (AvgIpc) is 3.21. The first-order valence-corrected chi connectivity index (χ1v) is 10.6. The number of benzene rings is 2. The van der Waals surface area contributed by atoms with Crippen molar-refractivity contribution in [2.24, 2.45) is 0 Å². The summed E-state index contributed by atoms with van der Waals surface area (Å²) < 4.78 is 5.90. The minimum absolute atomic E-state index is 0.0469. The van der Waals surface area contributed by atoms with E-state index in [0.717, 1.165) is 23.6 Å². The Kier molecular flexibility index (Phi) is 7.70. The first kappa shape index (κ1) is 21.7. The zero-order valence-corrected chi connectivity index (χ0v) is 17.9. The highest BCUT2D eigenvalue weighted by Gasteiger charge is 2.13. The van der Waals surface area contributed by atoms with Gasteiger partial charge in [-0.05, 0) is 26.2 Å². The lowest BCUT2D eigenvalue weighted by Crippen LogP contribution is -2.19. The number of hydrogen-bond acceptors (Lipinski definition) is 6. The van der Waals surface area contributed by atoms with E-state index in [0.29, 0.717) is 17.3 Å². The van der Waals surface area contributed by atoms with E-state index < -0.39 is 0 Å². The largest absolute Gasteiger partial charge is 0.492 e. The van der Waals surface area contributed by atoms with Gasteiger partial charge in [0.05, 0.1) is 5.69 Å². The van der Waals surface area contributed by atoms with E-state index in [1.54, 1.807) is 12.1 Å². The topological polar surface area (TPSA) is 71.5 Å². The third kappa shape index (κ3) is 6.23. The molecule has 1 heterocycles. The standard InChI is InChI=1S/C23H25N3O3S/c1-26(2)14-15-29-21-11-7-6-10-18(21)19-16-30-23(24-19)25-22(28)13-12-20(27)17-8-4-3-5-9-17/h3-11,16H,12-15H2,1-2H3,(H,24,25,28). The molecule has 0 saturated heterocycles. The van der Waals surface area contributed by atoms with Crippen LogP contribution in [-0.4, -0.2) is 48.8 Å². The van der Waals surface area contributed by atoms with Crippen LogP contribution in [0.15, 0.2) is 60.0 Å². The van der Waals surface area contributed by atoms with Crippen molar-refractivity contribution < 1.29 is 14.3 Å². The molecule has 0 aliphatic rings. The molecule has 0 radical (unpaired) electrons. The van der Waals surface area contributed by atoms with Crippen molar-refractivity contribution in [3.05, 3.63) is 65.5 Å². The molecule has 0 saturated carbocycles. The van der Waals surface area contributed by atoms with Crippen LogP contribution in [0.3, 0.4) is 0 Å². The lowest BCUT2D eigenvalue weighted by Gasteiger charge is -2.13. The Hall–Kier alpha value is -3.03. The number of Topliss-reactive ketones (excluding diaryl/α,β-unsaturated/α-hetero) is 1. The van der Waals surface area contributed by atoms with Gasteiger partial charge in [-0.2, -0.15) is 0 Å². The summed E-state index contributed by atoms with van der Waals surface area (Å²) in [5, 5.41) is 5.18. The number of aromatic nitrogens is 1. The van der Waals surface area contributed by atoms with E-state index >= 15 is 0 Å². The molecule has 0 aliphatic heterocycles. The number of rotatable bonds is 10. The van der Waals surface area contributed by atoms with Gasteiger partial charge in [-0.15, -0.1) is 11.3 Å². The summed E-state index contributed by atoms with van der Waals surface area (Å²) in [5.74, 6) is 0.487. The van der Waals surface area contributed by atoms with E-state index in [1.807, 2.05) is 61.9 Å². The lowest BCUT2D eigenvalue weighted by atomic mass is 10.1. The van der Waals surface area contributed by atoms with Gasteiger partial charge >= 0.3 is 0 Å². The Morgan fingerprint density at radius 3 is 2.53 bits per heavy atom. The number of ether oxygens (including phenoxy) is 1. The van der Waals surface area contributed by atoms with Gasteiger partial charge in [-0.25, -0.2) is 4.98 Å². The number of likely N-dealkylation sites (N-methyl/N-ethyl adjacent to an activating group) is 1. The van der Waals surface area contributed by atoms with Crippen molar-refractivity contribution in [1.29, 1.82) is 0 Å². The van der Waals surface area contributed by atoms with Crippen molar-refractivity contribution in [1.82, 2.24) is 9.88 Å². The van der Waals surface area contributed by atoms with Crippen LogP contribution >= 0.6 is 11.3 Å². The molecule has 6 nitrogen and oxygen atoms in total. The highest BCUT2D eigenvalue weighted by atomic mass is 32.1. The molecule has 1 amide bonds. The predicted molar refractivity (Wildman–Crippen MR) is 120 cm³/mol.